The van der Waals surface area contributed by atoms with Crippen LogP contribution in [0.1, 0.15) is 29.8 Å². The number of anilines is 1. The highest BCUT2D eigenvalue weighted by Gasteiger charge is 2.24. The van der Waals surface area contributed by atoms with E-state index in [9.17, 15) is 9.59 Å². The van der Waals surface area contributed by atoms with E-state index >= 15 is 0 Å². The van der Waals surface area contributed by atoms with Crippen LogP contribution in [0.5, 0.6) is 0 Å². The smallest absolute Gasteiger partial charge is 0.270 e. The van der Waals surface area contributed by atoms with Gasteiger partial charge in [0.25, 0.3) is 11.5 Å². The minimum atomic E-state index is -0.220. The van der Waals surface area contributed by atoms with Crippen molar-refractivity contribution in [1.82, 2.24) is 20.5 Å². The number of pyridine rings is 1. The van der Waals surface area contributed by atoms with E-state index in [0.29, 0.717) is 12.2 Å². The quantitative estimate of drug-likeness (QED) is 0.741. The van der Waals surface area contributed by atoms with Crippen LogP contribution in [-0.2, 0) is 0 Å². The Balaban J connectivity index is 1.50. The molecule has 0 aliphatic carbocycles. The van der Waals surface area contributed by atoms with Crippen molar-refractivity contribution in [3.8, 4) is 0 Å². The van der Waals surface area contributed by atoms with Crippen LogP contribution >= 0.6 is 0 Å². The molecule has 4 rings (SSSR count). The van der Waals surface area contributed by atoms with Crippen LogP contribution < -0.4 is 15.8 Å². The van der Waals surface area contributed by atoms with Gasteiger partial charge in [-0.05, 0) is 36.8 Å². The van der Waals surface area contributed by atoms with Crippen LogP contribution in [0, 0.1) is 0 Å². The molecule has 27 heavy (non-hydrogen) atoms. The van der Waals surface area contributed by atoms with E-state index in [1.165, 1.54) is 6.07 Å². The predicted molar refractivity (Wildman–Crippen MR) is 104 cm³/mol. The Morgan fingerprint density at radius 1 is 1.19 bits per heavy atom. The number of H-pyrrole nitrogens is 1. The number of fused-ring (bicyclic) bond motifs is 1. The maximum Gasteiger partial charge on any atom is 0.270 e. The molecule has 0 spiro atoms. The molecule has 138 valence electrons. The second-order valence-electron chi connectivity index (χ2n) is 6.71. The van der Waals surface area contributed by atoms with Gasteiger partial charge in [-0.25, -0.2) is 5.10 Å². The van der Waals surface area contributed by atoms with E-state index < -0.39 is 0 Å². The van der Waals surface area contributed by atoms with Crippen LogP contribution in [0.25, 0.3) is 10.8 Å². The Labute approximate surface area is 156 Å². The molecule has 1 aromatic carbocycles. The molecule has 7 heteroatoms. The summed E-state index contributed by atoms with van der Waals surface area (Å²) >= 11 is 0. The molecule has 1 fully saturated rings. The van der Waals surface area contributed by atoms with Crippen molar-refractivity contribution < 1.29 is 4.79 Å². The lowest BCUT2D eigenvalue weighted by Crippen LogP contribution is -2.47. The minimum Gasteiger partial charge on any atom is -0.350 e. The van der Waals surface area contributed by atoms with E-state index in [2.05, 4.69) is 25.4 Å². The van der Waals surface area contributed by atoms with E-state index in [0.717, 1.165) is 42.4 Å². The van der Waals surface area contributed by atoms with E-state index in [4.69, 9.17) is 0 Å². The normalized spacial score (nSPS) is 17.0. The fraction of sp³-hybridized carbons (Fsp3) is 0.300. The fourth-order valence-corrected chi connectivity index (χ4v) is 3.61. The molecule has 1 atom stereocenters. The standard InChI is InChI=1S/C20H21N5O2/c26-18-9-8-17(23-24-18)25-12-4-3-6-15(25)13-22-20(27)19-16-7-2-1-5-14(16)10-11-21-19/h1-2,5,7-11,15H,3-4,6,12-13H2,(H,22,27)(H,24,26). The topological polar surface area (TPSA) is 91.0 Å². The molecule has 0 radical (unpaired) electrons. The highest BCUT2D eigenvalue weighted by Crippen LogP contribution is 2.22. The number of aromatic amines is 1. The number of carbonyl (C=O) groups excluding carboxylic acids is 1. The van der Waals surface area contributed by atoms with Gasteiger partial charge in [-0.15, -0.1) is 0 Å². The summed E-state index contributed by atoms with van der Waals surface area (Å²) in [4.78, 5) is 30.4. The monoisotopic (exact) mass is 363 g/mol. The van der Waals surface area contributed by atoms with Gasteiger partial charge in [0.05, 0.1) is 0 Å². The van der Waals surface area contributed by atoms with Gasteiger partial charge in [-0.1, -0.05) is 24.3 Å². The summed E-state index contributed by atoms with van der Waals surface area (Å²) in [6.45, 7) is 1.36. The Kier molecular flexibility index (Phi) is 4.82. The molecule has 1 unspecified atom stereocenters. The SMILES string of the molecule is O=C(NCC1CCCCN1c1ccc(=O)[nH]n1)c1nccc2ccccc12. The summed E-state index contributed by atoms with van der Waals surface area (Å²) in [6, 6.07) is 13.0. The first-order chi connectivity index (χ1) is 13.2. The molecular formula is C20H21N5O2. The number of hydrogen-bond acceptors (Lipinski definition) is 5. The minimum absolute atomic E-state index is 0.135. The van der Waals surface area contributed by atoms with Crippen molar-refractivity contribution in [2.24, 2.45) is 0 Å². The van der Waals surface area contributed by atoms with Gasteiger partial charge >= 0.3 is 0 Å². The number of aromatic nitrogens is 3. The molecular weight excluding hydrogens is 342 g/mol. The van der Waals surface area contributed by atoms with Crippen LogP contribution in [0.2, 0.25) is 0 Å². The Morgan fingerprint density at radius 3 is 2.93 bits per heavy atom. The lowest BCUT2D eigenvalue weighted by atomic mass is 10.0. The number of carbonyl (C=O) groups is 1. The van der Waals surface area contributed by atoms with E-state index in [-0.39, 0.29) is 17.5 Å². The third kappa shape index (κ3) is 3.67. The van der Waals surface area contributed by atoms with Gasteiger partial charge in [-0.2, -0.15) is 5.10 Å². The summed E-state index contributed by atoms with van der Waals surface area (Å²) in [5.41, 5.74) is 0.222. The van der Waals surface area contributed by atoms with Crippen molar-refractivity contribution in [1.29, 1.82) is 0 Å². The summed E-state index contributed by atoms with van der Waals surface area (Å²) in [6.07, 6.45) is 4.79. The third-order valence-corrected chi connectivity index (χ3v) is 4.97. The Hall–Kier alpha value is -3.22. The van der Waals surface area contributed by atoms with Crippen LogP contribution in [0.4, 0.5) is 5.82 Å². The summed E-state index contributed by atoms with van der Waals surface area (Å²) in [5, 5.41) is 11.5. The lowest BCUT2D eigenvalue weighted by Gasteiger charge is -2.36. The molecule has 1 aliphatic rings. The van der Waals surface area contributed by atoms with Gasteiger partial charge in [0.1, 0.15) is 11.5 Å². The van der Waals surface area contributed by atoms with Gasteiger partial charge in [-0.3, -0.25) is 14.6 Å². The molecule has 7 nitrogen and oxygen atoms in total. The summed E-state index contributed by atoms with van der Waals surface area (Å²) in [5.74, 6) is 0.559. The molecule has 1 aliphatic heterocycles. The number of amides is 1. The molecule has 1 saturated heterocycles. The van der Waals surface area contributed by atoms with Gasteiger partial charge in [0, 0.05) is 36.8 Å². The highest BCUT2D eigenvalue weighted by molar-refractivity contribution is 6.05. The zero-order valence-electron chi connectivity index (χ0n) is 14.9. The van der Waals surface area contributed by atoms with Gasteiger partial charge in [0.15, 0.2) is 0 Å². The molecule has 1 amide bonds. The first-order valence-electron chi connectivity index (χ1n) is 9.17. The average molecular weight is 363 g/mol. The number of nitrogens with one attached hydrogen (secondary N) is 2. The molecule has 0 bridgehead atoms. The molecule has 3 aromatic rings. The Bertz CT molecular complexity index is 991. The van der Waals surface area contributed by atoms with Crippen molar-refractivity contribution in [3.05, 3.63) is 64.7 Å². The number of rotatable bonds is 4. The lowest BCUT2D eigenvalue weighted by molar-refractivity contribution is 0.0946. The van der Waals surface area contributed by atoms with Crippen molar-refractivity contribution in [3.63, 3.8) is 0 Å². The zero-order valence-corrected chi connectivity index (χ0v) is 14.9. The Morgan fingerprint density at radius 2 is 2.07 bits per heavy atom. The van der Waals surface area contributed by atoms with Crippen molar-refractivity contribution >= 4 is 22.5 Å². The third-order valence-electron chi connectivity index (χ3n) is 4.97. The summed E-state index contributed by atoms with van der Waals surface area (Å²) < 4.78 is 0. The van der Waals surface area contributed by atoms with Gasteiger partial charge < -0.3 is 10.2 Å². The predicted octanol–water partition coefficient (Wildman–Crippen LogP) is 2.11. The van der Waals surface area contributed by atoms with Crippen molar-refractivity contribution in [2.75, 3.05) is 18.0 Å². The number of benzene rings is 1. The number of hydrogen-bond donors (Lipinski definition) is 2. The van der Waals surface area contributed by atoms with Gasteiger partial charge in [0.2, 0.25) is 0 Å². The molecule has 3 heterocycles. The first kappa shape index (κ1) is 17.2. The first-order valence-corrected chi connectivity index (χ1v) is 9.17. The van der Waals surface area contributed by atoms with E-state index in [1.807, 2.05) is 30.3 Å². The van der Waals surface area contributed by atoms with Crippen molar-refractivity contribution in [2.45, 2.75) is 25.3 Å². The molecule has 2 N–H and O–H groups in total. The highest BCUT2D eigenvalue weighted by atomic mass is 16.2. The fourth-order valence-electron chi connectivity index (χ4n) is 3.61. The number of piperidine rings is 1. The zero-order chi connectivity index (χ0) is 18.6. The largest absolute Gasteiger partial charge is 0.350 e. The van der Waals surface area contributed by atoms with Crippen LogP contribution in [-0.4, -0.2) is 40.2 Å². The second kappa shape index (κ2) is 7.57. The molecule has 2 aromatic heterocycles. The van der Waals surface area contributed by atoms with Crippen LogP contribution in [0.15, 0.2) is 53.5 Å². The second-order valence-corrected chi connectivity index (χ2v) is 6.71. The van der Waals surface area contributed by atoms with E-state index in [1.54, 1.807) is 12.3 Å². The average Bonchev–Trinajstić information content (AvgIpc) is 2.72. The molecule has 0 saturated carbocycles. The van der Waals surface area contributed by atoms with Crippen LogP contribution in [0.3, 0.4) is 0 Å². The maximum absolute atomic E-state index is 12.7. The summed E-state index contributed by atoms with van der Waals surface area (Å²) in [7, 11) is 0. The number of nitrogens with zero attached hydrogens (tertiary/aromatic N) is 3. The maximum atomic E-state index is 12.7.